The van der Waals surface area contributed by atoms with E-state index in [1.165, 1.54) is 0 Å². The highest BCUT2D eigenvalue weighted by Gasteiger charge is 2.39. The molecule has 0 aliphatic heterocycles. The first-order valence-corrected chi connectivity index (χ1v) is 4.33. The number of aromatic amines is 2. The highest BCUT2D eigenvalue weighted by Crippen LogP contribution is 2.23. The molecule has 1 atom stereocenters. The Labute approximate surface area is 79.1 Å². The molecule has 0 amide bonds. The van der Waals surface area contributed by atoms with E-state index in [4.69, 9.17) is 10.8 Å². The maximum Gasteiger partial charge on any atom is 0.324 e. The average molecular weight is 197 g/mol. The number of hydrogen-bond donors (Lipinski definition) is 4. The molecule has 76 valence electrons. The number of nitrogens with two attached hydrogens (primary N) is 1. The normalized spacial score (nSPS) is 25.8. The van der Waals surface area contributed by atoms with Crippen molar-refractivity contribution < 1.29 is 9.90 Å². The fourth-order valence-electron chi connectivity index (χ4n) is 1.75. The lowest BCUT2D eigenvalue weighted by molar-refractivity contribution is -0.143. The van der Waals surface area contributed by atoms with Crippen LogP contribution in [0.4, 0.5) is 0 Å². The van der Waals surface area contributed by atoms with Gasteiger partial charge < -0.3 is 15.9 Å². The molecule has 0 saturated heterocycles. The third-order valence-corrected chi connectivity index (χ3v) is 2.70. The van der Waals surface area contributed by atoms with Gasteiger partial charge in [0, 0.05) is 17.7 Å². The molecule has 1 aromatic heterocycles. The Hall–Kier alpha value is -1.56. The summed E-state index contributed by atoms with van der Waals surface area (Å²) in [4.78, 5) is 22.1. The Morgan fingerprint density at radius 1 is 1.50 bits per heavy atom. The molecular weight excluding hydrogens is 186 g/mol. The number of aliphatic carboxylic acids is 1. The monoisotopic (exact) mass is 197 g/mol. The van der Waals surface area contributed by atoms with Gasteiger partial charge in [-0.25, -0.2) is 0 Å². The number of H-pyrrole nitrogens is 2. The van der Waals surface area contributed by atoms with Crippen LogP contribution in [0.15, 0.2) is 4.79 Å². The van der Waals surface area contributed by atoms with Crippen LogP contribution in [-0.4, -0.2) is 26.8 Å². The first-order chi connectivity index (χ1) is 6.53. The lowest BCUT2D eigenvalue weighted by Crippen LogP contribution is -2.52. The minimum atomic E-state index is -1.29. The smallest absolute Gasteiger partial charge is 0.324 e. The van der Waals surface area contributed by atoms with Crippen molar-refractivity contribution in [2.24, 2.45) is 5.73 Å². The number of rotatable bonds is 1. The zero-order valence-corrected chi connectivity index (χ0v) is 7.46. The van der Waals surface area contributed by atoms with Crippen molar-refractivity contribution in [3.8, 4) is 0 Å². The van der Waals surface area contributed by atoms with E-state index in [0.717, 1.165) is 5.69 Å². The van der Waals surface area contributed by atoms with Crippen LogP contribution >= 0.6 is 0 Å². The number of nitrogens with one attached hydrogen (secondary N) is 2. The predicted molar refractivity (Wildman–Crippen MR) is 48.0 cm³/mol. The molecule has 2 rings (SSSR count). The number of carboxylic acids is 1. The molecule has 1 aromatic rings. The van der Waals surface area contributed by atoms with Crippen LogP contribution in [0.5, 0.6) is 0 Å². The third-order valence-electron chi connectivity index (χ3n) is 2.70. The van der Waals surface area contributed by atoms with Gasteiger partial charge in [0.2, 0.25) is 0 Å². The van der Waals surface area contributed by atoms with Gasteiger partial charge in [0.25, 0.3) is 5.56 Å². The summed E-state index contributed by atoms with van der Waals surface area (Å²) in [6.45, 7) is 0. The van der Waals surface area contributed by atoms with Gasteiger partial charge >= 0.3 is 5.97 Å². The van der Waals surface area contributed by atoms with E-state index >= 15 is 0 Å². The number of fused-ring (bicyclic) bond motifs is 1. The third kappa shape index (κ3) is 1.15. The molecular formula is C8H11N3O3. The Morgan fingerprint density at radius 3 is 2.86 bits per heavy atom. The lowest BCUT2D eigenvalue weighted by Gasteiger charge is -2.27. The second-order valence-electron chi connectivity index (χ2n) is 3.67. The highest BCUT2D eigenvalue weighted by atomic mass is 16.4. The Bertz CT molecular complexity index is 433. The molecule has 14 heavy (non-hydrogen) atoms. The average Bonchev–Trinajstić information content (AvgIpc) is 2.48. The van der Waals surface area contributed by atoms with Crippen molar-refractivity contribution in [2.75, 3.05) is 0 Å². The van der Waals surface area contributed by atoms with Gasteiger partial charge in [-0.3, -0.25) is 14.7 Å². The molecule has 0 bridgehead atoms. The van der Waals surface area contributed by atoms with E-state index in [2.05, 4.69) is 10.2 Å². The zero-order valence-electron chi connectivity index (χ0n) is 7.46. The van der Waals surface area contributed by atoms with Crippen LogP contribution in [0.3, 0.4) is 0 Å². The summed E-state index contributed by atoms with van der Waals surface area (Å²) < 4.78 is 0. The van der Waals surface area contributed by atoms with Gasteiger partial charge in [0.1, 0.15) is 5.54 Å². The summed E-state index contributed by atoms with van der Waals surface area (Å²) >= 11 is 0. The lowest BCUT2D eigenvalue weighted by atomic mass is 9.81. The van der Waals surface area contributed by atoms with Gasteiger partial charge in [0.15, 0.2) is 0 Å². The minimum Gasteiger partial charge on any atom is -0.480 e. The van der Waals surface area contributed by atoms with Crippen LogP contribution in [0, 0.1) is 0 Å². The largest absolute Gasteiger partial charge is 0.480 e. The molecule has 1 unspecified atom stereocenters. The Kier molecular flexibility index (Phi) is 1.75. The number of carbonyl (C=O) groups is 1. The van der Waals surface area contributed by atoms with Crippen LogP contribution in [0.2, 0.25) is 0 Å². The highest BCUT2D eigenvalue weighted by molar-refractivity contribution is 5.79. The van der Waals surface area contributed by atoms with Crippen molar-refractivity contribution in [2.45, 2.75) is 24.8 Å². The second-order valence-corrected chi connectivity index (χ2v) is 3.67. The van der Waals surface area contributed by atoms with Crippen molar-refractivity contribution in [1.29, 1.82) is 0 Å². The minimum absolute atomic E-state index is 0.0937. The van der Waals surface area contributed by atoms with E-state index in [9.17, 15) is 9.59 Å². The number of aryl methyl sites for hydroxylation is 1. The topological polar surface area (TPSA) is 112 Å². The molecule has 1 aliphatic carbocycles. The summed E-state index contributed by atoms with van der Waals surface area (Å²) in [5.41, 5.74) is 5.37. The maximum atomic E-state index is 11.2. The zero-order chi connectivity index (χ0) is 10.3. The molecule has 0 saturated carbocycles. The predicted octanol–water partition coefficient (Wildman–Crippen LogP) is -1.03. The van der Waals surface area contributed by atoms with Crippen molar-refractivity contribution in [1.82, 2.24) is 10.2 Å². The summed E-state index contributed by atoms with van der Waals surface area (Å²) in [6, 6.07) is 0. The van der Waals surface area contributed by atoms with Crippen LogP contribution in [0.1, 0.15) is 17.7 Å². The molecule has 1 heterocycles. The molecule has 5 N–H and O–H groups in total. The van der Waals surface area contributed by atoms with Crippen LogP contribution in [-0.2, 0) is 17.6 Å². The summed E-state index contributed by atoms with van der Waals surface area (Å²) in [6.07, 6.45) is 0.941. The summed E-state index contributed by atoms with van der Waals surface area (Å²) in [5.74, 6) is -1.05. The number of hydrogen-bond acceptors (Lipinski definition) is 3. The molecule has 0 aromatic carbocycles. The molecule has 0 spiro atoms. The van der Waals surface area contributed by atoms with Crippen LogP contribution < -0.4 is 11.3 Å². The number of carboxylic acid groups (broad SMARTS) is 1. The quantitative estimate of drug-likeness (QED) is 0.461. The molecule has 6 heteroatoms. The van der Waals surface area contributed by atoms with Gasteiger partial charge in [-0.15, -0.1) is 0 Å². The standard InChI is InChI=1S/C8H11N3O3/c9-8(7(13)14)2-1-5-4(3-8)6(12)11-10-5/h1-3,9H2,(H,13,14)(H2,10,11,12). The van der Waals surface area contributed by atoms with Crippen molar-refractivity contribution >= 4 is 5.97 Å². The van der Waals surface area contributed by atoms with Gasteiger partial charge in [0.05, 0.1) is 0 Å². The van der Waals surface area contributed by atoms with Gasteiger partial charge in [-0.05, 0) is 12.8 Å². The fourth-order valence-corrected chi connectivity index (χ4v) is 1.75. The molecule has 0 fully saturated rings. The van der Waals surface area contributed by atoms with Crippen molar-refractivity contribution in [3.63, 3.8) is 0 Å². The van der Waals surface area contributed by atoms with Gasteiger partial charge in [-0.1, -0.05) is 0 Å². The first-order valence-electron chi connectivity index (χ1n) is 4.33. The van der Waals surface area contributed by atoms with E-state index in [1.807, 2.05) is 0 Å². The first kappa shape index (κ1) is 9.01. The van der Waals surface area contributed by atoms with E-state index in [-0.39, 0.29) is 12.0 Å². The molecule has 6 nitrogen and oxygen atoms in total. The Morgan fingerprint density at radius 2 is 2.21 bits per heavy atom. The molecule has 1 aliphatic rings. The van der Waals surface area contributed by atoms with E-state index in [0.29, 0.717) is 18.4 Å². The van der Waals surface area contributed by atoms with E-state index < -0.39 is 11.5 Å². The summed E-state index contributed by atoms with van der Waals surface area (Å²) in [5, 5.41) is 14.0. The second kappa shape index (κ2) is 2.71. The SMILES string of the molecule is NC1(C(=O)O)CCc2[nH][nH]c(=O)c2C1. The van der Waals surface area contributed by atoms with E-state index in [1.54, 1.807) is 0 Å². The van der Waals surface area contributed by atoms with Gasteiger partial charge in [-0.2, -0.15) is 0 Å². The van der Waals surface area contributed by atoms with Crippen molar-refractivity contribution in [3.05, 3.63) is 21.6 Å². The maximum absolute atomic E-state index is 11.2. The molecule has 0 radical (unpaired) electrons. The Balaban J connectivity index is 2.42. The fraction of sp³-hybridized carbons (Fsp3) is 0.500. The summed E-state index contributed by atoms with van der Waals surface area (Å²) in [7, 11) is 0. The number of aromatic nitrogens is 2. The van der Waals surface area contributed by atoms with Crippen LogP contribution in [0.25, 0.3) is 0 Å².